The van der Waals surface area contributed by atoms with Crippen LogP contribution in [-0.4, -0.2) is 18.2 Å². The van der Waals surface area contributed by atoms with Crippen LogP contribution in [0.15, 0.2) is 23.1 Å². The minimum atomic E-state index is 0.206. The van der Waals surface area contributed by atoms with E-state index in [1.165, 1.54) is 17.7 Å². The number of anilines is 2. The van der Waals surface area contributed by atoms with Crippen molar-refractivity contribution in [2.24, 2.45) is 11.8 Å². The highest BCUT2D eigenvalue weighted by atomic mass is 32.2. The van der Waals surface area contributed by atoms with Crippen LogP contribution in [0.4, 0.5) is 11.4 Å². The van der Waals surface area contributed by atoms with Crippen molar-refractivity contribution >= 4 is 29.0 Å². The van der Waals surface area contributed by atoms with E-state index in [4.69, 9.17) is 5.73 Å². The van der Waals surface area contributed by atoms with Crippen LogP contribution in [0, 0.1) is 11.8 Å². The molecule has 1 aliphatic heterocycles. The summed E-state index contributed by atoms with van der Waals surface area (Å²) in [7, 11) is 0. The molecule has 1 amide bonds. The van der Waals surface area contributed by atoms with Gasteiger partial charge in [-0.25, -0.2) is 0 Å². The Hall–Kier alpha value is -1.16. The van der Waals surface area contributed by atoms with Crippen LogP contribution in [-0.2, 0) is 4.79 Å². The molecule has 1 fully saturated rings. The average Bonchev–Trinajstić information content (AvgIpc) is 2.83. The maximum absolute atomic E-state index is 12.8. The smallest absolute Gasteiger partial charge is 0.230 e. The third kappa shape index (κ3) is 2.34. The first-order valence-electron chi connectivity index (χ1n) is 7.00. The second-order valence-electron chi connectivity index (χ2n) is 5.58. The molecule has 1 saturated carbocycles. The lowest BCUT2D eigenvalue weighted by Gasteiger charge is -2.32. The van der Waals surface area contributed by atoms with Crippen molar-refractivity contribution in [3.05, 3.63) is 18.2 Å². The molecule has 19 heavy (non-hydrogen) atoms. The molecule has 1 aromatic carbocycles. The van der Waals surface area contributed by atoms with E-state index < -0.39 is 0 Å². The second-order valence-corrected chi connectivity index (χ2v) is 6.72. The largest absolute Gasteiger partial charge is 0.399 e. The van der Waals surface area contributed by atoms with Gasteiger partial charge < -0.3 is 10.6 Å². The van der Waals surface area contributed by atoms with Gasteiger partial charge in [-0.1, -0.05) is 13.3 Å². The summed E-state index contributed by atoms with van der Waals surface area (Å²) in [5, 5.41) is 0. The fourth-order valence-electron chi connectivity index (χ4n) is 3.18. The Morgan fingerprint density at radius 1 is 1.42 bits per heavy atom. The predicted octanol–water partition coefficient (Wildman–Crippen LogP) is 3.14. The maximum atomic E-state index is 12.8. The summed E-state index contributed by atoms with van der Waals surface area (Å²) in [5.74, 6) is 2.00. The van der Waals surface area contributed by atoms with E-state index >= 15 is 0 Å². The number of thioether (sulfide) groups is 1. The summed E-state index contributed by atoms with van der Waals surface area (Å²) in [6.07, 6.45) is 3.41. The van der Waals surface area contributed by atoms with Crippen LogP contribution in [0.25, 0.3) is 0 Å². The SMILES string of the molecule is CC1CCCC1C(=O)N1CCSc2ccc(N)cc21. The number of carbonyl (C=O) groups excluding carboxylic acids is 1. The van der Waals surface area contributed by atoms with E-state index in [9.17, 15) is 4.79 Å². The fraction of sp³-hybridized carbons (Fsp3) is 0.533. The Morgan fingerprint density at radius 3 is 3.00 bits per heavy atom. The van der Waals surface area contributed by atoms with Gasteiger partial charge in [0.2, 0.25) is 5.91 Å². The van der Waals surface area contributed by atoms with Crippen molar-refractivity contribution in [3.8, 4) is 0 Å². The van der Waals surface area contributed by atoms with E-state index in [1.54, 1.807) is 0 Å². The number of amides is 1. The number of nitrogens with two attached hydrogens (primary N) is 1. The van der Waals surface area contributed by atoms with Gasteiger partial charge in [0.15, 0.2) is 0 Å². The number of benzene rings is 1. The lowest BCUT2D eigenvalue weighted by molar-refractivity contribution is -0.123. The van der Waals surface area contributed by atoms with Crippen LogP contribution >= 0.6 is 11.8 Å². The Bertz CT molecular complexity index is 503. The average molecular weight is 276 g/mol. The molecular formula is C15H20N2OS. The molecule has 3 rings (SSSR count). The number of nitrogen functional groups attached to an aromatic ring is 1. The topological polar surface area (TPSA) is 46.3 Å². The first kappa shape index (κ1) is 12.9. The quantitative estimate of drug-likeness (QED) is 0.802. The first-order valence-corrected chi connectivity index (χ1v) is 7.99. The van der Waals surface area contributed by atoms with E-state index in [0.717, 1.165) is 30.1 Å². The van der Waals surface area contributed by atoms with E-state index in [2.05, 4.69) is 6.92 Å². The summed E-state index contributed by atoms with van der Waals surface area (Å²) in [6, 6.07) is 5.89. The van der Waals surface area contributed by atoms with Crippen LogP contribution in [0.5, 0.6) is 0 Å². The third-order valence-electron chi connectivity index (χ3n) is 4.29. The van der Waals surface area contributed by atoms with Crippen molar-refractivity contribution in [3.63, 3.8) is 0 Å². The maximum Gasteiger partial charge on any atom is 0.230 e. The highest BCUT2D eigenvalue weighted by Crippen LogP contribution is 2.39. The van der Waals surface area contributed by atoms with Crippen molar-refractivity contribution < 1.29 is 4.79 Å². The summed E-state index contributed by atoms with van der Waals surface area (Å²) >= 11 is 1.81. The van der Waals surface area contributed by atoms with Crippen LogP contribution < -0.4 is 10.6 Å². The predicted molar refractivity (Wildman–Crippen MR) is 80.4 cm³/mol. The molecule has 1 aliphatic carbocycles. The fourth-order valence-corrected chi connectivity index (χ4v) is 4.15. The van der Waals surface area contributed by atoms with E-state index in [-0.39, 0.29) is 5.92 Å². The molecule has 2 atom stereocenters. The molecule has 4 heteroatoms. The van der Waals surface area contributed by atoms with Crippen molar-refractivity contribution in [1.29, 1.82) is 0 Å². The number of hydrogen-bond donors (Lipinski definition) is 1. The zero-order valence-corrected chi connectivity index (χ0v) is 12.1. The molecule has 1 heterocycles. The van der Waals surface area contributed by atoms with Crippen molar-refractivity contribution in [2.75, 3.05) is 22.9 Å². The van der Waals surface area contributed by atoms with E-state index in [1.807, 2.05) is 34.9 Å². The monoisotopic (exact) mass is 276 g/mol. The number of rotatable bonds is 1. The van der Waals surface area contributed by atoms with Gasteiger partial charge in [-0.05, 0) is 37.0 Å². The number of fused-ring (bicyclic) bond motifs is 1. The van der Waals surface area contributed by atoms with Crippen LogP contribution in [0.3, 0.4) is 0 Å². The molecule has 1 aromatic rings. The Labute approximate surface area is 118 Å². The van der Waals surface area contributed by atoms with Gasteiger partial charge in [0.05, 0.1) is 5.69 Å². The van der Waals surface area contributed by atoms with Gasteiger partial charge in [-0.3, -0.25) is 4.79 Å². The molecule has 0 bridgehead atoms. The molecule has 0 aromatic heterocycles. The minimum Gasteiger partial charge on any atom is -0.399 e. The normalized spacial score (nSPS) is 26.3. The molecular weight excluding hydrogens is 256 g/mol. The van der Waals surface area contributed by atoms with E-state index in [0.29, 0.717) is 11.8 Å². The third-order valence-corrected chi connectivity index (χ3v) is 5.33. The molecule has 0 spiro atoms. The molecule has 2 N–H and O–H groups in total. The summed E-state index contributed by atoms with van der Waals surface area (Å²) in [6.45, 7) is 3.01. The molecule has 0 radical (unpaired) electrons. The summed E-state index contributed by atoms with van der Waals surface area (Å²) in [4.78, 5) is 15.9. The molecule has 102 valence electrons. The highest BCUT2D eigenvalue weighted by Gasteiger charge is 2.35. The molecule has 0 saturated heterocycles. The lowest BCUT2D eigenvalue weighted by atomic mass is 9.96. The van der Waals surface area contributed by atoms with Crippen LogP contribution in [0.1, 0.15) is 26.2 Å². The standard InChI is InChI=1S/C15H20N2OS/c1-10-3-2-4-12(10)15(18)17-7-8-19-14-6-5-11(16)9-13(14)17/h5-6,9-10,12H,2-4,7-8,16H2,1H3. The molecule has 2 aliphatic rings. The molecule has 2 unspecified atom stereocenters. The summed E-state index contributed by atoms with van der Waals surface area (Å²) in [5.41, 5.74) is 7.63. The number of hydrogen-bond acceptors (Lipinski definition) is 3. The van der Waals surface area contributed by atoms with Crippen LogP contribution in [0.2, 0.25) is 0 Å². The zero-order valence-electron chi connectivity index (χ0n) is 11.3. The van der Waals surface area contributed by atoms with Gasteiger partial charge in [0.1, 0.15) is 0 Å². The first-order chi connectivity index (χ1) is 9.16. The van der Waals surface area contributed by atoms with Gasteiger partial charge in [-0.2, -0.15) is 0 Å². The van der Waals surface area contributed by atoms with Gasteiger partial charge in [-0.15, -0.1) is 11.8 Å². The number of nitrogens with zero attached hydrogens (tertiary/aromatic N) is 1. The molecule has 3 nitrogen and oxygen atoms in total. The Kier molecular flexibility index (Phi) is 3.44. The highest BCUT2D eigenvalue weighted by molar-refractivity contribution is 7.99. The van der Waals surface area contributed by atoms with Crippen molar-refractivity contribution in [2.45, 2.75) is 31.1 Å². The summed E-state index contributed by atoms with van der Waals surface area (Å²) < 4.78 is 0. The lowest BCUT2D eigenvalue weighted by Crippen LogP contribution is -2.40. The number of carbonyl (C=O) groups is 1. The minimum absolute atomic E-state index is 0.206. The van der Waals surface area contributed by atoms with Gasteiger partial charge >= 0.3 is 0 Å². The van der Waals surface area contributed by atoms with Crippen molar-refractivity contribution in [1.82, 2.24) is 0 Å². The second kappa shape index (κ2) is 5.08. The van der Waals surface area contributed by atoms with Gasteiger partial charge in [0.25, 0.3) is 0 Å². The Balaban J connectivity index is 1.90. The van der Waals surface area contributed by atoms with Gasteiger partial charge in [0, 0.05) is 28.8 Å². The Morgan fingerprint density at radius 2 is 2.26 bits per heavy atom. The zero-order chi connectivity index (χ0) is 13.4.